The van der Waals surface area contributed by atoms with Gasteiger partial charge in [-0.05, 0) is 26.7 Å². The van der Waals surface area contributed by atoms with Gasteiger partial charge >= 0.3 is 5.97 Å². The number of rotatable bonds is 6. The van der Waals surface area contributed by atoms with Gasteiger partial charge in [0.25, 0.3) is 0 Å². The first-order chi connectivity index (χ1) is 6.61. The van der Waals surface area contributed by atoms with E-state index in [1.807, 2.05) is 0 Å². The number of aldehydes is 1. The van der Waals surface area contributed by atoms with Gasteiger partial charge in [-0.3, -0.25) is 0 Å². The average Bonchev–Trinajstić information content (AvgIpc) is 2.17. The number of aliphatic hydroxyl groups excluding tert-OH is 1. The molecule has 0 radical (unpaired) electrons. The van der Waals surface area contributed by atoms with Crippen molar-refractivity contribution in [1.82, 2.24) is 0 Å². The van der Waals surface area contributed by atoms with Gasteiger partial charge in [0.2, 0.25) is 0 Å². The summed E-state index contributed by atoms with van der Waals surface area (Å²) in [6.45, 7) is 3.73. The molecule has 0 aromatic heterocycles. The zero-order valence-electron chi connectivity index (χ0n) is 8.53. The third-order valence-corrected chi connectivity index (χ3v) is 1.67. The second kappa shape index (κ2) is 7.26. The van der Waals surface area contributed by atoms with E-state index in [0.29, 0.717) is 31.3 Å². The van der Waals surface area contributed by atoms with Crippen molar-refractivity contribution < 1.29 is 19.4 Å². The summed E-state index contributed by atoms with van der Waals surface area (Å²) in [6, 6.07) is 0. The zero-order chi connectivity index (χ0) is 11.0. The normalized spacial score (nSPS) is 13.5. The summed E-state index contributed by atoms with van der Waals surface area (Å²) < 4.78 is 4.75. The lowest BCUT2D eigenvalue weighted by Crippen LogP contribution is -2.08. The largest absolute Gasteiger partial charge is 0.463 e. The van der Waals surface area contributed by atoms with Gasteiger partial charge in [-0.15, -0.1) is 0 Å². The van der Waals surface area contributed by atoms with Crippen LogP contribution in [0.25, 0.3) is 0 Å². The maximum absolute atomic E-state index is 11.1. The minimum absolute atomic E-state index is 0.334. The van der Waals surface area contributed by atoms with E-state index in [2.05, 4.69) is 0 Å². The van der Waals surface area contributed by atoms with Gasteiger partial charge in [0, 0.05) is 5.57 Å². The Bertz CT molecular complexity index is 220. The number of hydrogen-bond acceptors (Lipinski definition) is 4. The Labute approximate surface area is 83.6 Å². The van der Waals surface area contributed by atoms with Crippen LogP contribution in [0.2, 0.25) is 0 Å². The molecule has 0 rings (SSSR count). The monoisotopic (exact) mass is 200 g/mol. The zero-order valence-corrected chi connectivity index (χ0v) is 8.53. The summed E-state index contributed by atoms with van der Waals surface area (Å²) in [4.78, 5) is 21.1. The quantitative estimate of drug-likeness (QED) is 0.392. The van der Waals surface area contributed by atoms with E-state index >= 15 is 0 Å². The molecule has 0 aromatic carbocycles. The number of hydrogen-bond donors (Lipinski definition) is 1. The van der Waals surface area contributed by atoms with Crippen molar-refractivity contribution >= 4 is 12.3 Å². The van der Waals surface area contributed by atoms with E-state index in [-0.39, 0.29) is 5.97 Å². The molecule has 14 heavy (non-hydrogen) atoms. The summed E-state index contributed by atoms with van der Waals surface area (Å²) in [5.74, 6) is -0.354. The highest BCUT2D eigenvalue weighted by atomic mass is 16.5. The van der Waals surface area contributed by atoms with Crippen LogP contribution in [0.4, 0.5) is 0 Å². The molecule has 0 aliphatic rings. The third-order valence-electron chi connectivity index (χ3n) is 1.67. The Hall–Kier alpha value is -1.16. The van der Waals surface area contributed by atoms with Crippen LogP contribution in [0, 0.1) is 0 Å². The smallest absolute Gasteiger partial charge is 0.333 e. The van der Waals surface area contributed by atoms with Crippen LogP contribution in [0.5, 0.6) is 0 Å². The molecule has 0 saturated carbocycles. The third kappa shape index (κ3) is 5.48. The van der Waals surface area contributed by atoms with Crippen LogP contribution in [0.15, 0.2) is 11.6 Å². The fourth-order valence-corrected chi connectivity index (χ4v) is 0.867. The van der Waals surface area contributed by atoms with Crippen molar-refractivity contribution in [3.63, 3.8) is 0 Å². The molecule has 0 heterocycles. The van der Waals surface area contributed by atoms with Crippen LogP contribution in [-0.2, 0) is 14.3 Å². The highest BCUT2D eigenvalue weighted by Gasteiger charge is 2.04. The molecule has 0 bridgehead atoms. The first kappa shape index (κ1) is 12.8. The first-order valence-electron chi connectivity index (χ1n) is 4.59. The molecular formula is C10H16O4. The molecule has 0 saturated heterocycles. The number of aliphatic hydroxyl groups is 1. The predicted octanol–water partition coefficient (Wildman–Crippen LogP) is 0.836. The molecule has 0 aliphatic carbocycles. The maximum Gasteiger partial charge on any atom is 0.333 e. The SMILES string of the molecule is CCOC(=O)/C(C)=C/CC[C@H](O)C=O. The van der Waals surface area contributed by atoms with Crippen LogP contribution in [0.3, 0.4) is 0 Å². The van der Waals surface area contributed by atoms with Gasteiger partial charge in [-0.25, -0.2) is 4.79 Å². The van der Waals surface area contributed by atoms with Crippen LogP contribution in [-0.4, -0.2) is 30.1 Å². The molecule has 0 aromatic rings. The molecule has 4 heteroatoms. The number of ether oxygens (including phenoxy) is 1. The van der Waals surface area contributed by atoms with E-state index in [9.17, 15) is 9.59 Å². The lowest BCUT2D eigenvalue weighted by molar-refractivity contribution is -0.138. The number of esters is 1. The molecule has 80 valence electrons. The molecule has 0 aliphatic heterocycles. The van der Waals surface area contributed by atoms with E-state index in [4.69, 9.17) is 9.84 Å². The second-order valence-corrected chi connectivity index (χ2v) is 2.89. The van der Waals surface area contributed by atoms with Crippen LogP contribution in [0.1, 0.15) is 26.7 Å². The summed E-state index contributed by atoms with van der Waals surface area (Å²) >= 11 is 0. The molecule has 0 amide bonds. The van der Waals surface area contributed by atoms with Gasteiger partial charge in [-0.1, -0.05) is 6.08 Å². The molecule has 1 atom stereocenters. The lowest BCUT2D eigenvalue weighted by Gasteiger charge is -2.02. The molecule has 0 unspecified atom stereocenters. The molecule has 4 nitrogen and oxygen atoms in total. The highest BCUT2D eigenvalue weighted by molar-refractivity contribution is 5.87. The topological polar surface area (TPSA) is 63.6 Å². The Morgan fingerprint density at radius 2 is 2.21 bits per heavy atom. The fourth-order valence-electron chi connectivity index (χ4n) is 0.867. The van der Waals surface area contributed by atoms with Gasteiger partial charge in [0.1, 0.15) is 12.4 Å². The Kier molecular flexibility index (Phi) is 6.66. The van der Waals surface area contributed by atoms with E-state index in [1.165, 1.54) is 0 Å². The minimum Gasteiger partial charge on any atom is -0.463 e. The molecule has 0 fully saturated rings. The number of carbonyl (C=O) groups is 2. The number of allylic oxidation sites excluding steroid dienone is 1. The predicted molar refractivity (Wildman–Crippen MR) is 51.7 cm³/mol. The van der Waals surface area contributed by atoms with Crippen LogP contribution >= 0.6 is 0 Å². The van der Waals surface area contributed by atoms with Crippen molar-refractivity contribution in [2.24, 2.45) is 0 Å². The summed E-state index contributed by atoms with van der Waals surface area (Å²) in [5, 5.41) is 8.90. The van der Waals surface area contributed by atoms with Crippen molar-refractivity contribution in [3.05, 3.63) is 11.6 Å². The van der Waals surface area contributed by atoms with Gasteiger partial charge in [-0.2, -0.15) is 0 Å². The van der Waals surface area contributed by atoms with Crippen LogP contribution < -0.4 is 0 Å². The molecule has 0 spiro atoms. The van der Waals surface area contributed by atoms with Crippen molar-refractivity contribution in [1.29, 1.82) is 0 Å². The van der Waals surface area contributed by atoms with Gasteiger partial charge in [0.05, 0.1) is 6.61 Å². The summed E-state index contributed by atoms with van der Waals surface area (Å²) in [7, 11) is 0. The summed E-state index contributed by atoms with van der Waals surface area (Å²) in [6.07, 6.45) is 2.02. The first-order valence-corrected chi connectivity index (χ1v) is 4.59. The van der Waals surface area contributed by atoms with Gasteiger partial charge in [0.15, 0.2) is 0 Å². The average molecular weight is 200 g/mol. The van der Waals surface area contributed by atoms with Crippen molar-refractivity contribution in [3.8, 4) is 0 Å². The fraction of sp³-hybridized carbons (Fsp3) is 0.600. The highest BCUT2D eigenvalue weighted by Crippen LogP contribution is 2.02. The number of carbonyl (C=O) groups excluding carboxylic acids is 2. The summed E-state index contributed by atoms with van der Waals surface area (Å²) in [5.41, 5.74) is 0.505. The molecular weight excluding hydrogens is 184 g/mol. The van der Waals surface area contributed by atoms with Gasteiger partial charge < -0.3 is 14.6 Å². The minimum atomic E-state index is -0.943. The lowest BCUT2D eigenvalue weighted by atomic mass is 10.1. The van der Waals surface area contributed by atoms with E-state index in [1.54, 1.807) is 19.9 Å². The Balaban J connectivity index is 3.87. The van der Waals surface area contributed by atoms with Crippen molar-refractivity contribution in [2.45, 2.75) is 32.8 Å². The Morgan fingerprint density at radius 1 is 1.57 bits per heavy atom. The second-order valence-electron chi connectivity index (χ2n) is 2.89. The Morgan fingerprint density at radius 3 is 2.71 bits per heavy atom. The van der Waals surface area contributed by atoms with E-state index < -0.39 is 6.10 Å². The molecule has 1 N–H and O–H groups in total. The van der Waals surface area contributed by atoms with Crippen molar-refractivity contribution in [2.75, 3.05) is 6.61 Å². The maximum atomic E-state index is 11.1. The van der Waals surface area contributed by atoms with E-state index in [0.717, 1.165) is 0 Å². The standard InChI is InChI=1S/C10H16O4/c1-3-14-10(13)8(2)5-4-6-9(12)7-11/h5,7,9,12H,3-4,6H2,1-2H3/b8-5+/t9-/m0/s1.